The van der Waals surface area contributed by atoms with E-state index in [1.54, 1.807) is 11.3 Å². The maximum absolute atomic E-state index is 6.03. The highest BCUT2D eigenvalue weighted by Crippen LogP contribution is 2.38. The average molecular weight is 249 g/mol. The molecule has 0 saturated carbocycles. The van der Waals surface area contributed by atoms with E-state index in [4.69, 9.17) is 23.2 Å². The maximum atomic E-state index is 6.03. The van der Waals surface area contributed by atoms with Crippen molar-refractivity contribution in [3.8, 4) is 0 Å². The van der Waals surface area contributed by atoms with Crippen LogP contribution in [0.15, 0.2) is 23.1 Å². The van der Waals surface area contributed by atoms with Gasteiger partial charge in [0.25, 0.3) is 0 Å². The van der Waals surface area contributed by atoms with Crippen LogP contribution in [0.4, 0.5) is 0 Å². The molecule has 4 heteroatoms. The van der Waals surface area contributed by atoms with Gasteiger partial charge < -0.3 is 0 Å². The van der Waals surface area contributed by atoms with E-state index in [1.165, 1.54) is 0 Å². The molecule has 1 aromatic heterocycles. The Morgan fingerprint density at radius 3 is 2.77 bits per heavy atom. The standard InChI is InChI=1S/C9H6Cl2S2/c10-4-7-8(12)5-2-1-3-6(11)9(5)13-7/h1-3,12H,4H2. The first-order chi connectivity index (χ1) is 6.24. The van der Waals surface area contributed by atoms with Crippen LogP contribution in [0.25, 0.3) is 10.1 Å². The lowest BCUT2D eigenvalue weighted by Gasteiger charge is -1.92. The Kier molecular flexibility index (Phi) is 2.75. The van der Waals surface area contributed by atoms with Crippen molar-refractivity contribution in [1.82, 2.24) is 0 Å². The summed E-state index contributed by atoms with van der Waals surface area (Å²) in [4.78, 5) is 2.03. The summed E-state index contributed by atoms with van der Waals surface area (Å²) in [6, 6.07) is 5.82. The number of fused-ring (bicyclic) bond motifs is 1. The van der Waals surface area contributed by atoms with E-state index in [1.807, 2.05) is 18.2 Å². The Bertz CT molecular complexity index is 448. The Balaban J connectivity index is 2.83. The third kappa shape index (κ3) is 1.57. The van der Waals surface area contributed by atoms with Crippen LogP contribution < -0.4 is 0 Å². The van der Waals surface area contributed by atoms with E-state index in [-0.39, 0.29) is 0 Å². The van der Waals surface area contributed by atoms with Gasteiger partial charge in [-0.15, -0.1) is 35.6 Å². The molecule has 0 amide bonds. The molecule has 0 atom stereocenters. The van der Waals surface area contributed by atoms with Gasteiger partial charge in [0.1, 0.15) is 0 Å². The molecule has 13 heavy (non-hydrogen) atoms. The predicted molar refractivity (Wildman–Crippen MR) is 63.6 cm³/mol. The zero-order valence-electron chi connectivity index (χ0n) is 6.55. The molecule has 0 fully saturated rings. The van der Waals surface area contributed by atoms with Gasteiger partial charge in [-0.25, -0.2) is 0 Å². The van der Waals surface area contributed by atoms with Gasteiger partial charge in [-0.1, -0.05) is 23.7 Å². The highest BCUT2D eigenvalue weighted by atomic mass is 35.5. The van der Waals surface area contributed by atoms with Crippen LogP contribution >= 0.6 is 47.2 Å². The van der Waals surface area contributed by atoms with Gasteiger partial charge in [0.2, 0.25) is 0 Å². The second-order valence-electron chi connectivity index (χ2n) is 2.62. The van der Waals surface area contributed by atoms with Gasteiger partial charge in [0, 0.05) is 15.2 Å². The number of rotatable bonds is 1. The van der Waals surface area contributed by atoms with Crippen LogP contribution in [0, 0.1) is 0 Å². The Labute approximate surface area is 95.9 Å². The summed E-state index contributed by atoms with van der Waals surface area (Å²) < 4.78 is 1.07. The third-order valence-corrected chi connectivity index (χ3v) is 4.59. The lowest BCUT2D eigenvalue weighted by molar-refractivity contribution is 1.41. The highest BCUT2D eigenvalue weighted by Gasteiger charge is 2.09. The minimum atomic E-state index is 0.495. The van der Waals surface area contributed by atoms with Gasteiger partial charge in [-0.3, -0.25) is 0 Å². The van der Waals surface area contributed by atoms with Crippen LogP contribution in [0.5, 0.6) is 0 Å². The largest absolute Gasteiger partial charge is 0.142 e. The molecule has 0 N–H and O–H groups in total. The van der Waals surface area contributed by atoms with E-state index in [0.717, 1.165) is 24.9 Å². The van der Waals surface area contributed by atoms with Gasteiger partial charge in [0.05, 0.1) is 15.6 Å². The zero-order valence-corrected chi connectivity index (χ0v) is 9.77. The number of benzene rings is 1. The fourth-order valence-corrected chi connectivity index (χ4v) is 3.32. The number of halogens is 2. The van der Waals surface area contributed by atoms with Crippen LogP contribution in [-0.4, -0.2) is 0 Å². The maximum Gasteiger partial charge on any atom is 0.0584 e. The van der Waals surface area contributed by atoms with Crippen molar-refractivity contribution in [3.63, 3.8) is 0 Å². The van der Waals surface area contributed by atoms with Crippen molar-refractivity contribution in [2.24, 2.45) is 0 Å². The lowest BCUT2D eigenvalue weighted by Crippen LogP contribution is -1.69. The minimum absolute atomic E-state index is 0.495. The Hall–Kier alpha value is 0.110. The fourth-order valence-electron chi connectivity index (χ4n) is 1.21. The van der Waals surface area contributed by atoms with E-state index in [9.17, 15) is 0 Å². The van der Waals surface area contributed by atoms with E-state index < -0.39 is 0 Å². The lowest BCUT2D eigenvalue weighted by atomic mass is 10.2. The molecule has 1 aromatic carbocycles. The first-order valence-corrected chi connectivity index (χ1v) is 5.86. The second kappa shape index (κ2) is 3.70. The number of hydrogen-bond donors (Lipinski definition) is 1. The van der Waals surface area contributed by atoms with Gasteiger partial charge >= 0.3 is 0 Å². The monoisotopic (exact) mass is 248 g/mol. The molecule has 1 heterocycles. The highest BCUT2D eigenvalue weighted by molar-refractivity contribution is 7.80. The van der Waals surface area contributed by atoms with Gasteiger partial charge in [-0.2, -0.15) is 0 Å². The van der Waals surface area contributed by atoms with Gasteiger partial charge in [-0.05, 0) is 6.07 Å². The van der Waals surface area contributed by atoms with Crippen LogP contribution in [0.1, 0.15) is 4.88 Å². The molecule has 0 aliphatic carbocycles. The van der Waals surface area contributed by atoms with E-state index >= 15 is 0 Å². The molecular weight excluding hydrogens is 243 g/mol. The molecule has 68 valence electrons. The van der Waals surface area contributed by atoms with Crippen molar-refractivity contribution in [2.75, 3.05) is 0 Å². The van der Waals surface area contributed by atoms with E-state index in [2.05, 4.69) is 12.6 Å². The summed E-state index contributed by atoms with van der Waals surface area (Å²) in [6.45, 7) is 0. The molecule has 0 radical (unpaired) electrons. The van der Waals surface area contributed by atoms with Crippen LogP contribution in [-0.2, 0) is 5.88 Å². The molecule has 0 aliphatic heterocycles. The van der Waals surface area contributed by atoms with Crippen molar-refractivity contribution < 1.29 is 0 Å². The number of thiophene rings is 1. The van der Waals surface area contributed by atoms with Crippen molar-refractivity contribution >= 4 is 57.3 Å². The summed E-state index contributed by atoms with van der Waals surface area (Å²) in [5, 5.41) is 1.87. The molecule has 2 aromatic rings. The van der Waals surface area contributed by atoms with Crippen molar-refractivity contribution in [2.45, 2.75) is 10.8 Å². The Morgan fingerprint density at radius 1 is 1.38 bits per heavy atom. The molecule has 0 nitrogen and oxygen atoms in total. The second-order valence-corrected chi connectivity index (χ2v) is 4.85. The summed E-state index contributed by atoms with van der Waals surface area (Å²) in [6.07, 6.45) is 0. The molecule has 2 rings (SSSR count). The zero-order chi connectivity index (χ0) is 9.42. The van der Waals surface area contributed by atoms with Crippen LogP contribution in [0.3, 0.4) is 0 Å². The first-order valence-electron chi connectivity index (χ1n) is 3.69. The third-order valence-electron chi connectivity index (χ3n) is 1.83. The summed E-state index contributed by atoms with van der Waals surface area (Å²) in [7, 11) is 0. The summed E-state index contributed by atoms with van der Waals surface area (Å²) in [5.41, 5.74) is 0. The molecule has 0 bridgehead atoms. The first kappa shape index (κ1) is 9.66. The topological polar surface area (TPSA) is 0 Å². The fraction of sp³-hybridized carbons (Fsp3) is 0.111. The molecular formula is C9H6Cl2S2. The number of thiol groups is 1. The molecule has 0 aliphatic rings. The van der Waals surface area contributed by atoms with E-state index in [0.29, 0.717) is 5.88 Å². The molecule has 0 unspecified atom stereocenters. The SMILES string of the molecule is Sc1c(CCl)sc2c(Cl)cccc12. The van der Waals surface area contributed by atoms with Crippen molar-refractivity contribution in [3.05, 3.63) is 28.1 Å². The Morgan fingerprint density at radius 2 is 2.15 bits per heavy atom. The molecule has 0 saturated heterocycles. The molecule has 0 spiro atoms. The quantitative estimate of drug-likeness (QED) is 0.555. The summed E-state index contributed by atoms with van der Waals surface area (Å²) in [5.74, 6) is 0.495. The van der Waals surface area contributed by atoms with Crippen molar-refractivity contribution in [1.29, 1.82) is 0 Å². The number of alkyl halides is 1. The normalized spacial score (nSPS) is 11.0. The predicted octanol–water partition coefficient (Wildman–Crippen LogP) is 4.58. The number of hydrogen-bond acceptors (Lipinski definition) is 2. The smallest absolute Gasteiger partial charge is 0.0584 e. The van der Waals surface area contributed by atoms with Gasteiger partial charge in [0.15, 0.2) is 0 Å². The summed E-state index contributed by atoms with van der Waals surface area (Å²) >= 11 is 17.8. The van der Waals surface area contributed by atoms with Crippen LogP contribution in [0.2, 0.25) is 5.02 Å². The average Bonchev–Trinajstić information content (AvgIpc) is 2.45. The minimum Gasteiger partial charge on any atom is -0.142 e.